The van der Waals surface area contributed by atoms with Crippen molar-refractivity contribution >= 4 is 45.6 Å². The molecule has 0 atom stereocenters. The number of hydrogen-bond donors (Lipinski definition) is 2. The maximum atomic E-state index is 12.1. The minimum absolute atomic E-state index is 0.0846. The lowest BCUT2D eigenvalue weighted by Gasteiger charge is -2.04. The van der Waals surface area contributed by atoms with E-state index in [0.29, 0.717) is 28.0 Å². The third-order valence-electron chi connectivity index (χ3n) is 3.48. The number of anilines is 1. The molecule has 4 rings (SSSR count). The number of aromatic nitrogens is 2. The zero-order chi connectivity index (χ0) is 16.5. The first-order chi connectivity index (χ1) is 11.7. The number of amides is 1. The second-order valence-electron chi connectivity index (χ2n) is 5.23. The molecule has 0 aliphatic rings. The number of halogens is 1. The molecule has 3 aromatic heterocycles. The molecule has 3 heterocycles. The lowest BCUT2D eigenvalue weighted by atomic mass is 10.2. The second-order valence-corrected chi connectivity index (χ2v) is 7.03. The first-order valence-electron chi connectivity index (χ1n) is 7.25. The number of benzene rings is 1. The monoisotopic (exact) mass is 357 g/mol. The largest absolute Gasteiger partial charge is 0.461 e. The number of carbonyl (C=O) groups is 1. The molecule has 2 N–H and O–H groups in total. The van der Waals surface area contributed by atoms with Gasteiger partial charge < -0.3 is 14.7 Å². The van der Waals surface area contributed by atoms with E-state index in [-0.39, 0.29) is 5.91 Å². The highest BCUT2D eigenvalue weighted by atomic mass is 35.5. The van der Waals surface area contributed by atoms with Gasteiger partial charge in [-0.25, -0.2) is 4.98 Å². The van der Waals surface area contributed by atoms with E-state index in [0.717, 1.165) is 15.9 Å². The van der Waals surface area contributed by atoms with Gasteiger partial charge in [-0.1, -0.05) is 11.6 Å². The van der Waals surface area contributed by atoms with Gasteiger partial charge >= 0.3 is 0 Å². The standard InChI is InChI=1S/C17H12ClN3O2S/c18-15-6-4-11(24-15)9-16(22)19-10-3-5-12-13(8-10)21-17(20-12)14-2-1-7-23-14/h1-8H,9H2,(H,19,22)(H,20,21). The van der Waals surface area contributed by atoms with Crippen LogP contribution in [0.5, 0.6) is 0 Å². The summed E-state index contributed by atoms with van der Waals surface area (Å²) < 4.78 is 6.02. The minimum atomic E-state index is -0.0846. The summed E-state index contributed by atoms with van der Waals surface area (Å²) >= 11 is 7.29. The maximum absolute atomic E-state index is 12.1. The van der Waals surface area contributed by atoms with Crippen LogP contribution in [0.3, 0.4) is 0 Å². The van der Waals surface area contributed by atoms with Crippen molar-refractivity contribution in [3.63, 3.8) is 0 Å². The van der Waals surface area contributed by atoms with Crippen molar-refractivity contribution in [3.8, 4) is 11.6 Å². The van der Waals surface area contributed by atoms with Crippen molar-refractivity contribution in [3.05, 3.63) is 57.9 Å². The molecule has 0 spiro atoms. The Kier molecular flexibility index (Phi) is 3.84. The third-order valence-corrected chi connectivity index (χ3v) is 4.71. The summed E-state index contributed by atoms with van der Waals surface area (Å²) in [5, 5.41) is 2.89. The number of nitrogens with one attached hydrogen (secondary N) is 2. The Labute approximate surface area is 146 Å². The van der Waals surface area contributed by atoms with Gasteiger partial charge in [0.15, 0.2) is 11.6 Å². The molecule has 120 valence electrons. The van der Waals surface area contributed by atoms with Crippen LogP contribution in [0.4, 0.5) is 5.69 Å². The van der Waals surface area contributed by atoms with Gasteiger partial charge in [0.2, 0.25) is 5.91 Å². The van der Waals surface area contributed by atoms with Gasteiger partial charge in [-0.3, -0.25) is 4.79 Å². The summed E-state index contributed by atoms with van der Waals surface area (Å²) in [6.45, 7) is 0. The molecule has 7 heteroatoms. The van der Waals surface area contributed by atoms with Crippen LogP contribution in [0.2, 0.25) is 4.34 Å². The van der Waals surface area contributed by atoms with Crippen LogP contribution in [0, 0.1) is 0 Å². The van der Waals surface area contributed by atoms with E-state index in [2.05, 4.69) is 15.3 Å². The summed E-state index contributed by atoms with van der Waals surface area (Å²) in [6, 6.07) is 12.8. The topological polar surface area (TPSA) is 70.9 Å². The molecule has 24 heavy (non-hydrogen) atoms. The molecule has 0 bridgehead atoms. The van der Waals surface area contributed by atoms with E-state index in [1.54, 1.807) is 12.3 Å². The predicted molar refractivity (Wildman–Crippen MR) is 95.5 cm³/mol. The lowest BCUT2D eigenvalue weighted by Crippen LogP contribution is -2.13. The van der Waals surface area contributed by atoms with Crippen LogP contribution in [-0.2, 0) is 11.2 Å². The molecular weight excluding hydrogens is 346 g/mol. The number of thiophene rings is 1. The Morgan fingerprint density at radius 2 is 2.21 bits per heavy atom. The number of hydrogen-bond acceptors (Lipinski definition) is 4. The van der Waals surface area contributed by atoms with E-state index in [9.17, 15) is 4.79 Å². The van der Waals surface area contributed by atoms with E-state index in [4.69, 9.17) is 16.0 Å². The number of nitrogens with zero attached hydrogens (tertiary/aromatic N) is 1. The Bertz CT molecular complexity index is 1000. The number of imidazole rings is 1. The van der Waals surface area contributed by atoms with Gasteiger partial charge in [0.25, 0.3) is 0 Å². The van der Waals surface area contributed by atoms with E-state index in [1.165, 1.54) is 11.3 Å². The molecule has 0 aliphatic carbocycles. The average Bonchev–Trinajstić information content (AvgIpc) is 3.26. The van der Waals surface area contributed by atoms with Gasteiger partial charge in [-0.15, -0.1) is 11.3 Å². The fourth-order valence-electron chi connectivity index (χ4n) is 2.43. The number of furan rings is 1. The number of fused-ring (bicyclic) bond motifs is 1. The molecule has 0 saturated heterocycles. The zero-order valence-corrected chi connectivity index (χ0v) is 13.9. The van der Waals surface area contributed by atoms with E-state index < -0.39 is 0 Å². The second kappa shape index (κ2) is 6.14. The van der Waals surface area contributed by atoms with Crippen LogP contribution in [0.15, 0.2) is 53.1 Å². The van der Waals surface area contributed by atoms with Crippen LogP contribution in [0.1, 0.15) is 4.88 Å². The minimum Gasteiger partial charge on any atom is -0.461 e. The first kappa shape index (κ1) is 15.0. The molecule has 1 aromatic carbocycles. The van der Waals surface area contributed by atoms with Crippen molar-refractivity contribution < 1.29 is 9.21 Å². The molecule has 4 aromatic rings. The van der Waals surface area contributed by atoms with Gasteiger partial charge in [0.1, 0.15) is 0 Å². The van der Waals surface area contributed by atoms with Gasteiger partial charge in [0, 0.05) is 10.6 Å². The smallest absolute Gasteiger partial charge is 0.229 e. The molecule has 0 radical (unpaired) electrons. The Morgan fingerprint density at radius 1 is 1.29 bits per heavy atom. The van der Waals surface area contributed by atoms with Crippen molar-refractivity contribution in [2.24, 2.45) is 0 Å². The molecule has 5 nitrogen and oxygen atoms in total. The fraction of sp³-hybridized carbons (Fsp3) is 0.0588. The highest BCUT2D eigenvalue weighted by Gasteiger charge is 2.10. The Balaban J connectivity index is 1.53. The van der Waals surface area contributed by atoms with Crippen molar-refractivity contribution in [1.82, 2.24) is 9.97 Å². The summed E-state index contributed by atoms with van der Waals surface area (Å²) in [7, 11) is 0. The summed E-state index contributed by atoms with van der Waals surface area (Å²) in [4.78, 5) is 20.7. The number of carbonyl (C=O) groups excluding carboxylic acids is 1. The SMILES string of the molecule is O=C(Cc1ccc(Cl)s1)Nc1ccc2nc(-c3ccco3)[nH]c2c1. The average molecular weight is 358 g/mol. The number of H-pyrrole nitrogens is 1. The normalized spacial score (nSPS) is 11.0. The quantitative estimate of drug-likeness (QED) is 0.555. The Morgan fingerprint density at radius 3 is 2.96 bits per heavy atom. The van der Waals surface area contributed by atoms with Gasteiger partial charge in [-0.05, 0) is 42.5 Å². The summed E-state index contributed by atoms with van der Waals surface area (Å²) in [6.07, 6.45) is 1.90. The molecule has 0 fully saturated rings. The highest BCUT2D eigenvalue weighted by Crippen LogP contribution is 2.24. The van der Waals surface area contributed by atoms with Crippen LogP contribution < -0.4 is 5.32 Å². The molecule has 0 saturated carbocycles. The molecule has 0 unspecified atom stereocenters. The van der Waals surface area contributed by atoms with Gasteiger partial charge in [-0.2, -0.15) is 0 Å². The number of aromatic amines is 1. The summed E-state index contributed by atoms with van der Waals surface area (Å²) in [5.74, 6) is 1.25. The lowest BCUT2D eigenvalue weighted by molar-refractivity contribution is -0.115. The molecular formula is C17H12ClN3O2S. The first-order valence-corrected chi connectivity index (χ1v) is 8.44. The maximum Gasteiger partial charge on any atom is 0.229 e. The van der Waals surface area contributed by atoms with Crippen LogP contribution >= 0.6 is 22.9 Å². The molecule has 1 amide bonds. The predicted octanol–water partition coefficient (Wildman–Crippen LogP) is 4.72. The van der Waals surface area contributed by atoms with E-state index in [1.807, 2.05) is 36.4 Å². The van der Waals surface area contributed by atoms with Crippen molar-refractivity contribution in [2.45, 2.75) is 6.42 Å². The fourth-order valence-corrected chi connectivity index (χ4v) is 3.51. The van der Waals surface area contributed by atoms with Crippen molar-refractivity contribution in [1.29, 1.82) is 0 Å². The van der Waals surface area contributed by atoms with Gasteiger partial charge in [0.05, 0.1) is 28.1 Å². The van der Waals surface area contributed by atoms with E-state index >= 15 is 0 Å². The zero-order valence-electron chi connectivity index (χ0n) is 12.4. The van der Waals surface area contributed by atoms with Crippen LogP contribution in [0.25, 0.3) is 22.6 Å². The Hall–Kier alpha value is -2.57. The third kappa shape index (κ3) is 3.06. The summed E-state index contributed by atoms with van der Waals surface area (Å²) in [5.41, 5.74) is 2.35. The van der Waals surface area contributed by atoms with Crippen LogP contribution in [-0.4, -0.2) is 15.9 Å². The number of rotatable bonds is 4. The molecule has 0 aliphatic heterocycles. The van der Waals surface area contributed by atoms with Crippen molar-refractivity contribution in [2.75, 3.05) is 5.32 Å². The highest BCUT2D eigenvalue weighted by molar-refractivity contribution is 7.16.